The SMILES string of the molecule is C=CCC[Si](OC1=C2CCC3=C(O[Si](CCC=C)(C(C)C)C(C)C)[CH]([Zr][CH]1c1ccccc12)c1ccccc13)(C(C)C)C(C)C. The molecule has 1 heterocycles. The molecule has 45 heavy (non-hydrogen) atoms. The van der Waals surface area contributed by atoms with Crippen LogP contribution in [0, 0.1) is 0 Å². The molecule has 0 spiro atoms. The molecule has 5 heteroatoms. The quantitative estimate of drug-likeness (QED) is 0.143. The fourth-order valence-electron chi connectivity index (χ4n) is 8.57. The van der Waals surface area contributed by atoms with Gasteiger partial charge in [-0.25, -0.2) is 0 Å². The number of allylic oxidation sites excluding steroid dienone is 6. The standard InChI is InChI=1S/C40H56O2Si2.Zr/c1-11-13-25-43(29(3)4,30(5)6)41-39-27-33-19-15-17-21-35(33)37(39)23-24-38-36-22-18-16-20-34(36)28-40(38)42-44(31(7)8,32(9)10)26-14-12-2;/h11-12,15-22,27-32H,1-2,13-14,23-26H2,3-10H3;. The van der Waals surface area contributed by atoms with Crippen LogP contribution >= 0.6 is 0 Å². The summed E-state index contributed by atoms with van der Waals surface area (Å²) in [5, 5.41) is 0. The van der Waals surface area contributed by atoms with Crippen molar-refractivity contribution in [1.82, 2.24) is 0 Å². The first-order valence-electron chi connectivity index (χ1n) is 17.5. The van der Waals surface area contributed by atoms with Gasteiger partial charge < -0.3 is 0 Å². The van der Waals surface area contributed by atoms with E-state index in [4.69, 9.17) is 8.85 Å². The molecule has 0 N–H and O–H groups in total. The van der Waals surface area contributed by atoms with Crippen LogP contribution in [0.1, 0.15) is 111 Å². The van der Waals surface area contributed by atoms with Gasteiger partial charge in [0.2, 0.25) is 0 Å². The van der Waals surface area contributed by atoms with Gasteiger partial charge in [-0.2, -0.15) is 0 Å². The molecule has 3 aliphatic rings. The molecule has 1 aliphatic heterocycles. The van der Waals surface area contributed by atoms with Crippen molar-refractivity contribution in [3.8, 4) is 0 Å². The van der Waals surface area contributed by atoms with Crippen LogP contribution in [-0.2, 0) is 32.1 Å². The van der Waals surface area contributed by atoms with Crippen molar-refractivity contribution in [2.24, 2.45) is 0 Å². The Morgan fingerprint density at radius 1 is 0.644 bits per heavy atom. The zero-order valence-corrected chi connectivity index (χ0v) is 33.7. The fraction of sp³-hybridized carbons (Fsp3) is 0.500. The van der Waals surface area contributed by atoms with Gasteiger partial charge in [0.1, 0.15) is 0 Å². The molecular formula is C40H56O2Si2Zr. The van der Waals surface area contributed by atoms with E-state index < -0.39 is 39.9 Å². The van der Waals surface area contributed by atoms with Crippen LogP contribution in [0.3, 0.4) is 0 Å². The summed E-state index contributed by atoms with van der Waals surface area (Å²) in [6.45, 7) is 27.6. The topological polar surface area (TPSA) is 18.5 Å². The summed E-state index contributed by atoms with van der Waals surface area (Å²) < 4.78 is 16.4. The zero-order chi connectivity index (χ0) is 32.5. The Balaban J connectivity index is 1.66. The second-order valence-corrected chi connectivity index (χ2v) is 28.3. The third-order valence-corrected chi connectivity index (χ3v) is 26.9. The first-order valence-corrected chi connectivity index (χ1v) is 24.9. The number of rotatable bonds is 14. The Kier molecular flexibility index (Phi) is 10.9. The van der Waals surface area contributed by atoms with E-state index in [1.165, 1.54) is 44.9 Å². The van der Waals surface area contributed by atoms with Gasteiger partial charge in [0.05, 0.1) is 0 Å². The molecule has 0 aromatic heterocycles. The first kappa shape index (κ1) is 34.6. The number of fused-ring (bicyclic) bond motifs is 8. The van der Waals surface area contributed by atoms with Crippen LogP contribution in [0.4, 0.5) is 0 Å². The molecule has 0 amide bonds. The summed E-state index contributed by atoms with van der Waals surface area (Å²) in [5.74, 6) is 2.74. The van der Waals surface area contributed by atoms with Crippen LogP contribution in [0.15, 0.2) is 85.4 Å². The summed E-state index contributed by atoms with van der Waals surface area (Å²) in [6.07, 6.45) is 8.30. The van der Waals surface area contributed by atoms with Gasteiger partial charge in [-0.05, 0) is 0 Å². The summed E-state index contributed by atoms with van der Waals surface area (Å²) in [6, 6.07) is 20.9. The summed E-state index contributed by atoms with van der Waals surface area (Å²) in [5.41, 5.74) is 11.1. The van der Waals surface area contributed by atoms with Gasteiger partial charge in [0.25, 0.3) is 0 Å². The van der Waals surface area contributed by atoms with Gasteiger partial charge >= 0.3 is 290 Å². The number of hydrogen-bond acceptors (Lipinski definition) is 2. The normalized spacial score (nSPS) is 19.4. The van der Waals surface area contributed by atoms with Gasteiger partial charge in [0, 0.05) is 0 Å². The van der Waals surface area contributed by atoms with E-state index in [9.17, 15) is 0 Å². The van der Waals surface area contributed by atoms with E-state index in [0.29, 0.717) is 29.4 Å². The predicted molar refractivity (Wildman–Crippen MR) is 195 cm³/mol. The van der Waals surface area contributed by atoms with Crippen LogP contribution in [-0.4, -0.2) is 16.6 Å². The average Bonchev–Trinajstić information content (AvgIpc) is 3.47. The van der Waals surface area contributed by atoms with Crippen LogP contribution in [0.25, 0.3) is 11.1 Å². The Bertz CT molecular complexity index is 1340. The minimum absolute atomic E-state index is 0.407. The van der Waals surface area contributed by atoms with E-state index in [1.54, 1.807) is 0 Å². The zero-order valence-electron chi connectivity index (χ0n) is 29.2. The summed E-state index contributed by atoms with van der Waals surface area (Å²) in [4.78, 5) is 0. The van der Waals surface area contributed by atoms with E-state index in [2.05, 4.69) is 129 Å². The molecule has 240 valence electrons. The summed E-state index contributed by atoms with van der Waals surface area (Å²) in [7, 11) is -4.28. The van der Waals surface area contributed by atoms with Gasteiger partial charge in [-0.3, -0.25) is 0 Å². The second-order valence-electron chi connectivity index (χ2n) is 14.8. The third-order valence-electron chi connectivity index (χ3n) is 11.3. The molecule has 0 radical (unpaired) electrons. The second kappa shape index (κ2) is 14.2. The van der Waals surface area contributed by atoms with Crippen LogP contribution < -0.4 is 0 Å². The van der Waals surface area contributed by atoms with E-state index in [-0.39, 0.29) is 0 Å². The third kappa shape index (κ3) is 6.20. The number of hydrogen-bond donors (Lipinski definition) is 0. The molecule has 0 saturated carbocycles. The van der Waals surface area contributed by atoms with Crippen molar-refractivity contribution in [1.29, 1.82) is 0 Å². The fourth-order valence-corrected chi connectivity index (χ4v) is 22.7. The van der Waals surface area contributed by atoms with Crippen molar-refractivity contribution < 1.29 is 32.1 Å². The maximum atomic E-state index is 7.78. The maximum absolute atomic E-state index is 7.78. The Hall–Kier alpha value is -1.68. The van der Waals surface area contributed by atoms with Crippen molar-refractivity contribution in [3.63, 3.8) is 0 Å². The van der Waals surface area contributed by atoms with Crippen molar-refractivity contribution in [2.45, 2.75) is 123 Å². The van der Waals surface area contributed by atoms with Crippen LogP contribution in [0.2, 0.25) is 34.3 Å². The number of benzene rings is 2. The Morgan fingerprint density at radius 3 is 1.33 bits per heavy atom. The molecule has 5 rings (SSSR count). The molecule has 2 aromatic carbocycles. The van der Waals surface area contributed by atoms with E-state index in [0.717, 1.165) is 37.8 Å². The monoisotopic (exact) mass is 714 g/mol. The molecule has 2 aromatic rings. The molecule has 0 saturated heterocycles. The van der Waals surface area contributed by atoms with E-state index >= 15 is 0 Å². The predicted octanol–water partition coefficient (Wildman–Crippen LogP) is 12.5. The summed E-state index contributed by atoms with van der Waals surface area (Å²) >= 11 is -1.21. The van der Waals surface area contributed by atoms with Crippen molar-refractivity contribution in [2.75, 3.05) is 0 Å². The Morgan fingerprint density at radius 2 is 1.00 bits per heavy atom. The molecule has 0 fully saturated rings. The van der Waals surface area contributed by atoms with Crippen molar-refractivity contribution in [3.05, 3.63) is 108 Å². The molecule has 2 unspecified atom stereocenters. The minimum atomic E-state index is -2.14. The van der Waals surface area contributed by atoms with Crippen molar-refractivity contribution >= 4 is 27.8 Å². The van der Waals surface area contributed by atoms with E-state index in [1.807, 2.05) is 0 Å². The molecule has 4 bridgehead atoms. The molecular weight excluding hydrogens is 660 g/mol. The van der Waals surface area contributed by atoms with Crippen LogP contribution in [0.5, 0.6) is 0 Å². The molecule has 2 aliphatic carbocycles. The average molecular weight is 716 g/mol. The molecule has 2 atom stereocenters. The first-order chi connectivity index (χ1) is 21.5. The Labute approximate surface area is 288 Å². The van der Waals surface area contributed by atoms with Gasteiger partial charge in [-0.15, -0.1) is 0 Å². The van der Waals surface area contributed by atoms with Gasteiger partial charge in [0.15, 0.2) is 0 Å². The van der Waals surface area contributed by atoms with Gasteiger partial charge in [-0.1, -0.05) is 0 Å². The molecule has 2 nitrogen and oxygen atoms in total.